The molecule has 3 heterocycles. The molecule has 2 fully saturated rings. The smallest absolute Gasteiger partial charge is 0.0366 e. The molecule has 3 aliphatic heterocycles. The Labute approximate surface area is 140 Å². The second-order valence-electron chi connectivity index (χ2n) is 7.35. The lowest BCUT2D eigenvalue weighted by molar-refractivity contribution is 0.130. The standard InChI is InChI=1S/C19H30N4/c1-20-13-16-11-18-15(12-21-16)5-2-3-7-19(18)23-10-9-22-8-4-6-17(22)14-23/h2,5,7,16-17,20-21H,3-4,6,8-14H2,1H3. The molecule has 0 spiro atoms. The van der Waals surface area contributed by atoms with Gasteiger partial charge in [-0.1, -0.05) is 18.2 Å². The van der Waals surface area contributed by atoms with Crippen LogP contribution in [0, 0.1) is 0 Å². The Morgan fingerprint density at radius 2 is 2.26 bits per heavy atom. The van der Waals surface area contributed by atoms with Crippen molar-refractivity contribution in [2.24, 2.45) is 0 Å². The summed E-state index contributed by atoms with van der Waals surface area (Å²) in [7, 11) is 2.05. The van der Waals surface area contributed by atoms with Crippen LogP contribution in [0.5, 0.6) is 0 Å². The van der Waals surface area contributed by atoms with E-state index in [1.54, 1.807) is 11.3 Å². The summed E-state index contributed by atoms with van der Waals surface area (Å²) in [5, 5.41) is 7.01. The highest BCUT2D eigenvalue weighted by molar-refractivity contribution is 5.45. The van der Waals surface area contributed by atoms with Crippen LogP contribution >= 0.6 is 0 Å². The SMILES string of the molecule is CNCC1CC2=C(C=CCC=C2N2CCN3CCCC3C2)CN1. The summed E-state index contributed by atoms with van der Waals surface area (Å²) >= 11 is 0. The van der Waals surface area contributed by atoms with Gasteiger partial charge in [0.1, 0.15) is 0 Å². The first kappa shape index (κ1) is 15.4. The Bertz CT molecular complexity index is 533. The zero-order chi connectivity index (χ0) is 15.6. The van der Waals surface area contributed by atoms with Gasteiger partial charge in [-0.25, -0.2) is 0 Å². The Morgan fingerprint density at radius 3 is 3.17 bits per heavy atom. The molecule has 23 heavy (non-hydrogen) atoms. The molecule has 4 aliphatic rings. The first-order valence-corrected chi connectivity index (χ1v) is 9.31. The number of likely N-dealkylation sites (N-methyl/N-ethyl adjacent to an activating group) is 1. The van der Waals surface area contributed by atoms with Crippen molar-refractivity contribution in [1.29, 1.82) is 0 Å². The minimum absolute atomic E-state index is 0.557. The van der Waals surface area contributed by atoms with Crippen LogP contribution in [0.15, 0.2) is 35.1 Å². The van der Waals surface area contributed by atoms with E-state index < -0.39 is 0 Å². The van der Waals surface area contributed by atoms with Gasteiger partial charge in [-0.05, 0) is 50.4 Å². The van der Waals surface area contributed by atoms with E-state index in [1.165, 1.54) is 44.6 Å². The summed E-state index contributed by atoms with van der Waals surface area (Å²) in [5.41, 5.74) is 4.65. The molecule has 0 aromatic heterocycles. The molecule has 4 heteroatoms. The average Bonchev–Trinajstić information content (AvgIpc) is 2.94. The number of allylic oxidation sites excluding steroid dienone is 3. The second kappa shape index (κ2) is 6.80. The quantitative estimate of drug-likeness (QED) is 0.826. The minimum Gasteiger partial charge on any atom is -0.369 e. The molecule has 0 amide bonds. The number of hydrogen-bond donors (Lipinski definition) is 2. The van der Waals surface area contributed by atoms with Gasteiger partial charge < -0.3 is 15.5 Å². The van der Waals surface area contributed by atoms with Crippen molar-refractivity contribution in [3.05, 3.63) is 35.1 Å². The van der Waals surface area contributed by atoms with Crippen molar-refractivity contribution in [3.8, 4) is 0 Å². The Morgan fingerprint density at radius 1 is 1.30 bits per heavy atom. The van der Waals surface area contributed by atoms with Crippen molar-refractivity contribution >= 4 is 0 Å². The molecule has 0 bridgehead atoms. The van der Waals surface area contributed by atoms with Crippen LogP contribution in [0.3, 0.4) is 0 Å². The van der Waals surface area contributed by atoms with Crippen molar-refractivity contribution in [2.45, 2.75) is 37.8 Å². The molecular formula is C19H30N4. The molecule has 0 saturated carbocycles. The number of nitrogens with one attached hydrogen (secondary N) is 2. The van der Waals surface area contributed by atoms with Crippen LogP contribution in [0.25, 0.3) is 0 Å². The molecule has 2 unspecified atom stereocenters. The summed E-state index contributed by atoms with van der Waals surface area (Å²) in [4.78, 5) is 5.39. The summed E-state index contributed by atoms with van der Waals surface area (Å²) in [6, 6.07) is 1.35. The highest BCUT2D eigenvalue weighted by Crippen LogP contribution is 2.32. The topological polar surface area (TPSA) is 30.5 Å². The lowest BCUT2D eigenvalue weighted by atomic mass is 9.92. The summed E-state index contributed by atoms with van der Waals surface area (Å²) < 4.78 is 0. The lowest BCUT2D eigenvalue weighted by Crippen LogP contribution is -2.50. The Hall–Kier alpha value is -1.10. The van der Waals surface area contributed by atoms with E-state index in [0.717, 1.165) is 32.0 Å². The van der Waals surface area contributed by atoms with Gasteiger partial charge in [0.2, 0.25) is 0 Å². The number of fused-ring (bicyclic) bond motifs is 1. The van der Waals surface area contributed by atoms with Gasteiger partial charge in [0.15, 0.2) is 0 Å². The Balaban J connectivity index is 1.55. The second-order valence-corrected chi connectivity index (χ2v) is 7.35. The fourth-order valence-electron chi connectivity index (χ4n) is 4.67. The van der Waals surface area contributed by atoms with Crippen LogP contribution in [-0.4, -0.2) is 68.2 Å². The van der Waals surface area contributed by atoms with Gasteiger partial charge in [-0.3, -0.25) is 4.90 Å². The molecule has 1 aliphatic carbocycles. The number of hydrogen-bond acceptors (Lipinski definition) is 4. The predicted octanol–water partition coefficient (Wildman–Crippen LogP) is 1.49. The maximum Gasteiger partial charge on any atom is 0.0366 e. The highest BCUT2D eigenvalue weighted by Gasteiger charge is 2.33. The summed E-state index contributed by atoms with van der Waals surface area (Å²) in [5.74, 6) is 0. The van der Waals surface area contributed by atoms with Crippen LogP contribution in [0.2, 0.25) is 0 Å². The van der Waals surface area contributed by atoms with E-state index in [-0.39, 0.29) is 0 Å². The van der Waals surface area contributed by atoms with Gasteiger partial charge >= 0.3 is 0 Å². The van der Waals surface area contributed by atoms with Crippen LogP contribution in [0.4, 0.5) is 0 Å². The van der Waals surface area contributed by atoms with Crippen molar-refractivity contribution in [1.82, 2.24) is 20.4 Å². The third-order valence-electron chi connectivity index (χ3n) is 5.87. The maximum absolute atomic E-state index is 3.68. The molecular weight excluding hydrogens is 284 g/mol. The van der Waals surface area contributed by atoms with Gasteiger partial charge in [0.05, 0.1) is 0 Å². The normalized spacial score (nSPS) is 31.7. The third kappa shape index (κ3) is 3.12. The van der Waals surface area contributed by atoms with E-state index in [1.807, 2.05) is 0 Å². The van der Waals surface area contributed by atoms with E-state index in [4.69, 9.17) is 0 Å². The van der Waals surface area contributed by atoms with Crippen molar-refractivity contribution < 1.29 is 0 Å². The highest BCUT2D eigenvalue weighted by atomic mass is 15.3. The third-order valence-corrected chi connectivity index (χ3v) is 5.87. The maximum atomic E-state index is 3.68. The summed E-state index contributed by atoms with van der Waals surface area (Å²) in [6.07, 6.45) is 12.2. The van der Waals surface area contributed by atoms with E-state index in [0.29, 0.717) is 6.04 Å². The lowest BCUT2D eigenvalue weighted by Gasteiger charge is -2.42. The van der Waals surface area contributed by atoms with E-state index >= 15 is 0 Å². The molecule has 2 atom stereocenters. The first-order chi connectivity index (χ1) is 11.3. The van der Waals surface area contributed by atoms with Crippen LogP contribution < -0.4 is 10.6 Å². The van der Waals surface area contributed by atoms with Gasteiger partial charge in [-0.2, -0.15) is 0 Å². The van der Waals surface area contributed by atoms with E-state index in [9.17, 15) is 0 Å². The van der Waals surface area contributed by atoms with Crippen LogP contribution in [-0.2, 0) is 0 Å². The minimum atomic E-state index is 0.557. The Kier molecular flexibility index (Phi) is 4.56. The van der Waals surface area contributed by atoms with Crippen molar-refractivity contribution in [2.75, 3.05) is 46.3 Å². The number of piperazine rings is 1. The van der Waals surface area contributed by atoms with Crippen LogP contribution in [0.1, 0.15) is 25.7 Å². The predicted molar refractivity (Wildman–Crippen MR) is 95.4 cm³/mol. The monoisotopic (exact) mass is 314 g/mol. The number of nitrogens with zero attached hydrogens (tertiary/aromatic N) is 2. The zero-order valence-corrected chi connectivity index (χ0v) is 14.4. The van der Waals surface area contributed by atoms with Gasteiger partial charge in [0.25, 0.3) is 0 Å². The molecule has 4 nitrogen and oxygen atoms in total. The van der Waals surface area contributed by atoms with Gasteiger partial charge in [-0.15, -0.1) is 0 Å². The molecule has 2 saturated heterocycles. The molecule has 0 radical (unpaired) electrons. The fraction of sp³-hybridized carbons (Fsp3) is 0.684. The molecule has 2 N–H and O–H groups in total. The molecule has 4 rings (SSSR count). The van der Waals surface area contributed by atoms with Crippen molar-refractivity contribution in [3.63, 3.8) is 0 Å². The fourth-order valence-corrected chi connectivity index (χ4v) is 4.67. The molecule has 0 aromatic carbocycles. The average molecular weight is 314 g/mol. The molecule has 126 valence electrons. The zero-order valence-electron chi connectivity index (χ0n) is 14.4. The first-order valence-electron chi connectivity index (χ1n) is 9.31. The van der Waals surface area contributed by atoms with E-state index in [2.05, 4.69) is 45.7 Å². The number of rotatable bonds is 3. The van der Waals surface area contributed by atoms with Gasteiger partial charge in [0, 0.05) is 50.5 Å². The molecule has 0 aromatic rings. The summed E-state index contributed by atoms with van der Waals surface area (Å²) in [6.45, 7) is 7.05. The largest absolute Gasteiger partial charge is 0.369 e.